The fourth-order valence-corrected chi connectivity index (χ4v) is 3.64. The molecule has 0 amide bonds. The van der Waals surface area contributed by atoms with Gasteiger partial charge in [0.05, 0.1) is 22.9 Å². The van der Waals surface area contributed by atoms with Crippen LogP contribution < -0.4 is 16.2 Å². The van der Waals surface area contributed by atoms with Gasteiger partial charge < -0.3 is 19.9 Å². The first-order valence-corrected chi connectivity index (χ1v) is 9.65. The van der Waals surface area contributed by atoms with Gasteiger partial charge in [-0.15, -0.1) is 0 Å². The van der Waals surface area contributed by atoms with Crippen molar-refractivity contribution >= 4 is 45.5 Å². The Hall–Kier alpha value is -3.57. The van der Waals surface area contributed by atoms with Crippen LogP contribution in [-0.4, -0.2) is 27.7 Å². The van der Waals surface area contributed by atoms with Gasteiger partial charge in [-0.05, 0) is 38.1 Å². The molecule has 30 heavy (non-hydrogen) atoms. The molecule has 1 aromatic carbocycles. The van der Waals surface area contributed by atoms with Crippen molar-refractivity contribution in [2.45, 2.75) is 26.0 Å². The summed E-state index contributed by atoms with van der Waals surface area (Å²) in [4.78, 5) is 29.4. The lowest BCUT2D eigenvalue weighted by atomic mass is 10.1. The number of nitrogens with one attached hydrogen (secondary N) is 2. The molecular formula is C21H18ClN5O3. The fraction of sp³-hybridized carbons (Fsp3) is 0.238. The molecule has 1 aliphatic heterocycles. The SMILES string of the molecule is CC1Nc2c(c(=O)n(C)c3ccc(Nc4ccnc(Cl)c4C#N)cc23)C(=O)OC1C. The Morgan fingerprint density at radius 3 is 2.80 bits per heavy atom. The number of aryl methyl sites for hydroxylation is 1. The molecule has 0 saturated heterocycles. The van der Waals surface area contributed by atoms with Crippen molar-refractivity contribution < 1.29 is 9.53 Å². The van der Waals surface area contributed by atoms with Gasteiger partial charge >= 0.3 is 5.97 Å². The maximum atomic E-state index is 12.8. The average molecular weight is 424 g/mol. The van der Waals surface area contributed by atoms with Crippen molar-refractivity contribution in [3.63, 3.8) is 0 Å². The number of esters is 1. The molecule has 0 bridgehead atoms. The van der Waals surface area contributed by atoms with E-state index in [2.05, 4.69) is 15.6 Å². The highest BCUT2D eigenvalue weighted by atomic mass is 35.5. The summed E-state index contributed by atoms with van der Waals surface area (Å²) < 4.78 is 6.84. The maximum Gasteiger partial charge on any atom is 0.346 e. The minimum absolute atomic E-state index is 0.0250. The molecule has 3 aromatic rings. The van der Waals surface area contributed by atoms with Crippen molar-refractivity contribution in [2.24, 2.45) is 7.05 Å². The van der Waals surface area contributed by atoms with E-state index in [0.717, 1.165) is 0 Å². The lowest BCUT2D eigenvalue weighted by Gasteiger charge is -2.19. The number of benzene rings is 1. The molecule has 0 radical (unpaired) electrons. The van der Waals surface area contributed by atoms with Gasteiger partial charge in [0.2, 0.25) is 0 Å². The molecule has 2 unspecified atom stereocenters. The summed E-state index contributed by atoms with van der Waals surface area (Å²) in [5.41, 5.74) is 2.02. The first kappa shape index (κ1) is 19.7. The van der Waals surface area contributed by atoms with Crippen LogP contribution in [0.25, 0.3) is 10.9 Å². The maximum absolute atomic E-state index is 12.8. The highest BCUT2D eigenvalue weighted by Crippen LogP contribution is 2.33. The Morgan fingerprint density at radius 2 is 2.07 bits per heavy atom. The van der Waals surface area contributed by atoms with Gasteiger partial charge in [0, 0.05) is 24.3 Å². The zero-order valence-electron chi connectivity index (χ0n) is 16.5. The van der Waals surface area contributed by atoms with Crippen LogP contribution >= 0.6 is 11.6 Å². The van der Waals surface area contributed by atoms with Gasteiger partial charge in [0.1, 0.15) is 28.5 Å². The summed E-state index contributed by atoms with van der Waals surface area (Å²) in [5, 5.41) is 16.6. The van der Waals surface area contributed by atoms with E-state index in [0.29, 0.717) is 28.0 Å². The number of halogens is 1. The van der Waals surface area contributed by atoms with Crippen molar-refractivity contribution in [1.82, 2.24) is 9.55 Å². The Morgan fingerprint density at radius 1 is 1.30 bits per heavy atom. The Labute approximate surface area is 177 Å². The molecule has 0 spiro atoms. The minimum atomic E-state index is -0.650. The second-order valence-electron chi connectivity index (χ2n) is 7.15. The quantitative estimate of drug-likeness (QED) is 0.479. The van der Waals surface area contributed by atoms with E-state index in [1.165, 1.54) is 10.8 Å². The summed E-state index contributed by atoms with van der Waals surface area (Å²) in [6, 6.07) is 8.87. The van der Waals surface area contributed by atoms with Crippen molar-refractivity contribution in [1.29, 1.82) is 5.26 Å². The number of nitriles is 1. The van der Waals surface area contributed by atoms with Crippen molar-refractivity contribution in [3.8, 4) is 6.07 Å². The average Bonchev–Trinajstić information content (AvgIpc) is 2.82. The molecule has 152 valence electrons. The third kappa shape index (κ3) is 3.13. The first-order valence-electron chi connectivity index (χ1n) is 9.27. The molecule has 8 nitrogen and oxygen atoms in total. The molecule has 2 aromatic heterocycles. The molecule has 1 aliphatic rings. The third-order valence-electron chi connectivity index (χ3n) is 5.26. The number of cyclic esters (lactones) is 1. The normalized spacial score (nSPS) is 18.0. The number of fused-ring (bicyclic) bond motifs is 3. The molecule has 0 saturated carbocycles. The van der Waals surface area contributed by atoms with Gasteiger partial charge in [-0.25, -0.2) is 9.78 Å². The van der Waals surface area contributed by atoms with E-state index in [-0.39, 0.29) is 22.3 Å². The number of rotatable bonds is 2. The van der Waals surface area contributed by atoms with Crippen LogP contribution in [0.4, 0.5) is 17.1 Å². The number of carbonyl (C=O) groups excluding carboxylic acids is 1. The second-order valence-corrected chi connectivity index (χ2v) is 7.51. The fourth-order valence-electron chi connectivity index (χ4n) is 3.44. The molecule has 2 N–H and O–H groups in total. The monoisotopic (exact) mass is 423 g/mol. The topological polar surface area (TPSA) is 109 Å². The number of nitrogens with zero attached hydrogens (tertiary/aromatic N) is 3. The van der Waals surface area contributed by atoms with Gasteiger partial charge in [0.25, 0.3) is 5.56 Å². The summed E-state index contributed by atoms with van der Waals surface area (Å²) in [6.07, 6.45) is 1.10. The number of carbonyl (C=O) groups is 1. The van der Waals surface area contributed by atoms with E-state index in [4.69, 9.17) is 16.3 Å². The van der Waals surface area contributed by atoms with E-state index < -0.39 is 17.6 Å². The summed E-state index contributed by atoms with van der Waals surface area (Å²) in [5.74, 6) is -0.650. The lowest BCUT2D eigenvalue weighted by molar-refractivity contribution is 0.0325. The Bertz CT molecular complexity index is 1290. The summed E-state index contributed by atoms with van der Waals surface area (Å²) in [7, 11) is 1.61. The van der Waals surface area contributed by atoms with Crippen LogP contribution in [0.1, 0.15) is 29.8 Å². The zero-order chi connectivity index (χ0) is 21.6. The predicted octanol–water partition coefficient (Wildman–Crippen LogP) is 3.56. The largest absolute Gasteiger partial charge is 0.457 e. The van der Waals surface area contributed by atoms with Crippen molar-refractivity contribution in [2.75, 3.05) is 10.6 Å². The lowest BCUT2D eigenvalue weighted by Crippen LogP contribution is -2.29. The number of pyridine rings is 2. The number of anilines is 3. The van der Waals surface area contributed by atoms with E-state index in [1.807, 2.05) is 19.1 Å². The molecule has 9 heteroatoms. The third-order valence-corrected chi connectivity index (χ3v) is 5.55. The van der Waals surface area contributed by atoms with Crippen LogP contribution in [0.2, 0.25) is 5.15 Å². The molecule has 0 fully saturated rings. The van der Waals surface area contributed by atoms with E-state index in [1.54, 1.807) is 32.2 Å². The highest BCUT2D eigenvalue weighted by molar-refractivity contribution is 6.31. The van der Waals surface area contributed by atoms with Crippen LogP contribution in [0.5, 0.6) is 0 Å². The predicted molar refractivity (Wildman–Crippen MR) is 114 cm³/mol. The van der Waals surface area contributed by atoms with Crippen LogP contribution in [0.15, 0.2) is 35.3 Å². The molecule has 2 atom stereocenters. The van der Waals surface area contributed by atoms with E-state index in [9.17, 15) is 14.9 Å². The second kappa shape index (κ2) is 7.35. The molecule has 0 aliphatic carbocycles. The van der Waals surface area contributed by atoms with E-state index >= 15 is 0 Å². The van der Waals surface area contributed by atoms with Gasteiger partial charge in [-0.2, -0.15) is 5.26 Å². The summed E-state index contributed by atoms with van der Waals surface area (Å²) in [6.45, 7) is 3.66. The van der Waals surface area contributed by atoms with Gasteiger partial charge in [0.15, 0.2) is 0 Å². The number of hydrogen-bond donors (Lipinski definition) is 2. The number of aromatic nitrogens is 2. The molecule has 4 rings (SSSR count). The highest BCUT2D eigenvalue weighted by Gasteiger charge is 2.30. The van der Waals surface area contributed by atoms with Crippen LogP contribution in [0.3, 0.4) is 0 Å². The molecular weight excluding hydrogens is 406 g/mol. The van der Waals surface area contributed by atoms with Crippen LogP contribution in [-0.2, 0) is 11.8 Å². The summed E-state index contributed by atoms with van der Waals surface area (Å²) >= 11 is 6.01. The Balaban J connectivity index is 1.92. The molecule has 3 heterocycles. The Kier molecular flexibility index (Phi) is 4.84. The van der Waals surface area contributed by atoms with Crippen LogP contribution in [0, 0.1) is 11.3 Å². The standard InChI is InChI=1S/C21H18ClN5O3/c1-10-11(2)30-21(29)17-18(25-10)13-8-12(4-5-16(13)27(3)20(17)28)26-15-6-7-24-19(22)14(15)9-23/h4-8,10-11,25H,1-3H3,(H,24,26). The smallest absolute Gasteiger partial charge is 0.346 e. The number of hydrogen-bond acceptors (Lipinski definition) is 7. The zero-order valence-corrected chi connectivity index (χ0v) is 17.2. The first-order chi connectivity index (χ1) is 14.3. The van der Waals surface area contributed by atoms with Crippen molar-refractivity contribution in [3.05, 3.63) is 57.1 Å². The minimum Gasteiger partial charge on any atom is -0.457 e. The van der Waals surface area contributed by atoms with Gasteiger partial charge in [-0.1, -0.05) is 11.6 Å². The van der Waals surface area contributed by atoms with Gasteiger partial charge in [-0.3, -0.25) is 4.79 Å². The number of ether oxygens (including phenoxy) is 1.